The summed E-state index contributed by atoms with van der Waals surface area (Å²) in [5.74, 6) is 0. The Balaban J connectivity index is 2.03. The third-order valence-electron chi connectivity index (χ3n) is 3.65. The third kappa shape index (κ3) is 2.45. The molecule has 0 bridgehead atoms. The Kier molecular flexibility index (Phi) is 2.94. The van der Waals surface area contributed by atoms with E-state index in [2.05, 4.69) is 5.32 Å². The summed E-state index contributed by atoms with van der Waals surface area (Å²) < 4.78 is 37.2. The third-order valence-corrected chi connectivity index (χ3v) is 3.65. The van der Waals surface area contributed by atoms with E-state index >= 15 is 0 Å². The van der Waals surface area contributed by atoms with Crippen molar-refractivity contribution in [3.8, 4) is 0 Å². The van der Waals surface area contributed by atoms with Gasteiger partial charge in [-0.1, -0.05) is 0 Å². The van der Waals surface area contributed by atoms with Gasteiger partial charge < -0.3 is 5.32 Å². The van der Waals surface area contributed by atoms with Crippen LogP contribution >= 0.6 is 0 Å². The van der Waals surface area contributed by atoms with Gasteiger partial charge in [-0.15, -0.1) is 0 Å². The van der Waals surface area contributed by atoms with Gasteiger partial charge in [-0.25, -0.2) is 0 Å². The number of piperidine rings is 1. The molecule has 0 aromatic rings. The molecule has 0 amide bonds. The first-order valence-corrected chi connectivity index (χ1v) is 5.54. The highest BCUT2D eigenvalue weighted by molar-refractivity contribution is 4.99. The first-order valence-electron chi connectivity index (χ1n) is 5.54. The maximum absolute atomic E-state index is 12.4. The molecule has 1 N–H and O–H groups in total. The van der Waals surface area contributed by atoms with E-state index in [4.69, 9.17) is 0 Å². The predicted molar refractivity (Wildman–Crippen MR) is 51.7 cm³/mol. The normalized spacial score (nSPS) is 27.4. The smallest absolute Gasteiger partial charge is 0.317 e. The van der Waals surface area contributed by atoms with Crippen molar-refractivity contribution in [2.45, 2.75) is 37.4 Å². The van der Waals surface area contributed by atoms with Crippen LogP contribution in [0.4, 0.5) is 13.2 Å². The highest BCUT2D eigenvalue weighted by atomic mass is 19.4. The molecule has 0 saturated carbocycles. The molecule has 2 heterocycles. The molecule has 88 valence electrons. The van der Waals surface area contributed by atoms with Gasteiger partial charge in [0, 0.05) is 5.54 Å². The van der Waals surface area contributed by atoms with E-state index in [0.717, 1.165) is 38.8 Å². The first-order chi connectivity index (χ1) is 7.02. The van der Waals surface area contributed by atoms with Gasteiger partial charge in [-0.3, -0.25) is 4.90 Å². The van der Waals surface area contributed by atoms with Gasteiger partial charge in [0.05, 0.1) is 6.54 Å². The maximum atomic E-state index is 12.4. The number of hydrogen-bond donors (Lipinski definition) is 1. The molecule has 0 aromatic heterocycles. The molecule has 0 radical (unpaired) electrons. The van der Waals surface area contributed by atoms with Gasteiger partial charge in [0.2, 0.25) is 0 Å². The Morgan fingerprint density at radius 3 is 2.40 bits per heavy atom. The fraction of sp³-hybridized carbons (Fsp3) is 1.00. The number of hydrogen-bond acceptors (Lipinski definition) is 2. The zero-order valence-electron chi connectivity index (χ0n) is 8.74. The Labute approximate surface area is 87.8 Å². The maximum Gasteiger partial charge on any atom is 0.401 e. The molecule has 2 fully saturated rings. The minimum absolute atomic E-state index is 0.152. The predicted octanol–water partition coefficient (Wildman–Crippen LogP) is 1.77. The average Bonchev–Trinajstić information content (AvgIpc) is 2.48. The van der Waals surface area contributed by atoms with Crippen LogP contribution in [0.1, 0.15) is 25.7 Å². The molecule has 2 aliphatic heterocycles. The zero-order valence-corrected chi connectivity index (χ0v) is 8.74. The van der Waals surface area contributed by atoms with Crippen LogP contribution in [0.5, 0.6) is 0 Å². The molecule has 2 saturated heterocycles. The largest absolute Gasteiger partial charge is 0.401 e. The second-order valence-corrected chi connectivity index (χ2v) is 4.61. The van der Waals surface area contributed by atoms with Gasteiger partial charge >= 0.3 is 6.18 Å². The molecule has 2 rings (SSSR count). The summed E-state index contributed by atoms with van der Waals surface area (Å²) in [5.41, 5.74) is -0.152. The summed E-state index contributed by atoms with van der Waals surface area (Å²) >= 11 is 0. The van der Waals surface area contributed by atoms with Crippen LogP contribution in [0, 0.1) is 0 Å². The number of nitrogens with zero attached hydrogens (tertiary/aromatic N) is 1. The monoisotopic (exact) mass is 222 g/mol. The fourth-order valence-corrected chi connectivity index (χ4v) is 2.92. The topological polar surface area (TPSA) is 15.3 Å². The van der Waals surface area contributed by atoms with Crippen molar-refractivity contribution in [3.05, 3.63) is 0 Å². The van der Waals surface area contributed by atoms with E-state index in [1.54, 1.807) is 4.90 Å². The lowest BCUT2D eigenvalue weighted by Gasteiger charge is -2.42. The summed E-state index contributed by atoms with van der Waals surface area (Å²) in [4.78, 5) is 1.66. The Bertz CT molecular complexity index is 221. The van der Waals surface area contributed by atoms with Crippen LogP contribution in [0.2, 0.25) is 0 Å². The van der Waals surface area contributed by atoms with Crippen molar-refractivity contribution in [2.24, 2.45) is 0 Å². The number of likely N-dealkylation sites (tertiary alicyclic amines) is 1. The molecule has 0 unspecified atom stereocenters. The van der Waals surface area contributed by atoms with Gasteiger partial charge in [0.25, 0.3) is 0 Å². The van der Waals surface area contributed by atoms with Gasteiger partial charge in [0.1, 0.15) is 0 Å². The van der Waals surface area contributed by atoms with Crippen molar-refractivity contribution in [3.63, 3.8) is 0 Å². The molecule has 0 aromatic carbocycles. The van der Waals surface area contributed by atoms with Crippen molar-refractivity contribution in [1.82, 2.24) is 10.2 Å². The van der Waals surface area contributed by atoms with E-state index in [1.165, 1.54) is 0 Å². The average molecular weight is 222 g/mol. The van der Waals surface area contributed by atoms with Crippen LogP contribution in [-0.4, -0.2) is 42.8 Å². The second kappa shape index (κ2) is 3.94. The lowest BCUT2D eigenvalue weighted by molar-refractivity contribution is -0.156. The molecular weight excluding hydrogens is 205 g/mol. The minimum atomic E-state index is -4.05. The molecule has 2 aliphatic rings. The summed E-state index contributed by atoms with van der Waals surface area (Å²) in [6, 6.07) is 0. The highest BCUT2D eigenvalue weighted by Gasteiger charge is 2.45. The molecule has 2 nitrogen and oxygen atoms in total. The van der Waals surface area contributed by atoms with Crippen LogP contribution in [0.15, 0.2) is 0 Å². The number of halogens is 3. The Hall–Kier alpha value is -0.290. The SMILES string of the molecule is FC(F)(F)CN1CCCC12CCNCC2. The summed E-state index contributed by atoms with van der Waals surface area (Å²) in [7, 11) is 0. The Morgan fingerprint density at radius 1 is 1.13 bits per heavy atom. The lowest BCUT2D eigenvalue weighted by atomic mass is 9.86. The molecule has 5 heteroatoms. The van der Waals surface area contributed by atoms with E-state index in [9.17, 15) is 13.2 Å². The summed E-state index contributed by atoms with van der Waals surface area (Å²) in [5, 5.41) is 3.21. The van der Waals surface area contributed by atoms with E-state index in [1.807, 2.05) is 0 Å². The fourth-order valence-electron chi connectivity index (χ4n) is 2.92. The quantitative estimate of drug-likeness (QED) is 0.727. The Morgan fingerprint density at radius 2 is 1.80 bits per heavy atom. The summed E-state index contributed by atoms with van der Waals surface area (Å²) in [6.45, 7) is 1.59. The number of rotatable bonds is 1. The van der Waals surface area contributed by atoms with Crippen molar-refractivity contribution in [2.75, 3.05) is 26.2 Å². The van der Waals surface area contributed by atoms with Crippen molar-refractivity contribution in [1.29, 1.82) is 0 Å². The molecule has 1 spiro atoms. The zero-order chi connectivity index (χ0) is 10.9. The lowest BCUT2D eigenvalue weighted by Crippen LogP contribution is -2.53. The van der Waals surface area contributed by atoms with Gasteiger partial charge in [-0.2, -0.15) is 13.2 Å². The number of nitrogens with one attached hydrogen (secondary N) is 1. The van der Waals surface area contributed by atoms with Crippen LogP contribution in [-0.2, 0) is 0 Å². The minimum Gasteiger partial charge on any atom is -0.317 e. The van der Waals surface area contributed by atoms with Gasteiger partial charge in [-0.05, 0) is 45.3 Å². The van der Waals surface area contributed by atoms with Crippen LogP contribution < -0.4 is 5.32 Å². The van der Waals surface area contributed by atoms with Crippen molar-refractivity contribution < 1.29 is 13.2 Å². The molecule has 0 aliphatic carbocycles. The summed E-state index contributed by atoms with van der Waals surface area (Å²) in [6.07, 6.45) is -0.477. The second-order valence-electron chi connectivity index (χ2n) is 4.61. The van der Waals surface area contributed by atoms with Crippen molar-refractivity contribution >= 4 is 0 Å². The van der Waals surface area contributed by atoms with Crippen LogP contribution in [0.3, 0.4) is 0 Å². The number of alkyl halides is 3. The standard InChI is InChI=1S/C10H17F3N2/c11-10(12,13)8-15-7-1-2-9(15)3-5-14-6-4-9/h14H,1-8H2. The van der Waals surface area contributed by atoms with Gasteiger partial charge in [0.15, 0.2) is 0 Å². The van der Waals surface area contributed by atoms with E-state index < -0.39 is 12.7 Å². The molecular formula is C10H17F3N2. The molecule has 15 heavy (non-hydrogen) atoms. The van der Waals surface area contributed by atoms with E-state index in [-0.39, 0.29) is 5.54 Å². The van der Waals surface area contributed by atoms with E-state index in [0.29, 0.717) is 6.54 Å². The highest BCUT2D eigenvalue weighted by Crippen LogP contribution is 2.38. The van der Waals surface area contributed by atoms with Crippen LogP contribution in [0.25, 0.3) is 0 Å². The molecule has 0 atom stereocenters. The first kappa shape index (κ1) is 11.2.